The maximum Gasteiger partial charge on any atom is 0.338 e. The van der Waals surface area contributed by atoms with Gasteiger partial charge in [0.15, 0.2) is 0 Å². The standard InChI is InChI=1S/C28H28FN3O4/c1-17(2)18-5-10-22(11-6-18)31-28(36)32-15-3-4-25(32)26(33)30-21-12-7-19(8-13-21)20-9-14-23(27(34)35)24(29)16-20/h5-14,16-17,25H,3-4,15H2,1-2H3,(H,30,33)(H,31,36)(H,34,35)/t25-/m1/s1. The number of nitrogens with zero attached hydrogens (tertiary/aromatic N) is 1. The van der Waals surface area contributed by atoms with Crippen molar-refractivity contribution in [1.82, 2.24) is 4.90 Å². The first-order chi connectivity index (χ1) is 17.2. The van der Waals surface area contributed by atoms with E-state index in [4.69, 9.17) is 5.11 Å². The van der Waals surface area contributed by atoms with Crippen molar-refractivity contribution < 1.29 is 23.9 Å². The number of urea groups is 1. The Hall–Kier alpha value is -4.20. The van der Waals surface area contributed by atoms with Gasteiger partial charge in [0.05, 0.1) is 5.56 Å². The number of likely N-dealkylation sites (tertiary alicyclic amines) is 1. The summed E-state index contributed by atoms with van der Waals surface area (Å²) in [4.78, 5) is 38.4. The zero-order valence-electron chi connectivity index (χ0n) is 20.1. The van der Waals surface area contributed by atoms with E-state index in [1.807, 2.05) is 24.3 Å². The number of amides is 3. The number of carbonyl (C=O) groups is 3. The molecule has 186 valence electrons. The molecule has 1 saturated heterocycles. The molecular weight excluding hydrogens is 461 g/mol. The number of aromatic carboxylic acids is 1. The summed E-state index contributed by atoms with van der Waals surface area (Å²) in [6.07, 6.45) is 1.30. The molecule has 3 aromatic rings. The van der Waals surface area contributed by atoms with Gasteiger partial charge in [-0.05, 0) is 71.8 Å². The van der Waals surface area contributed by atoms with Gasteiger partial charge in [0.25, 0.3) is 0 Å². The van der Waals surface area contributed by atoms with Crippen LogP contribution in [-0.2, 0) is 4.79 Å². The predicted molar refractivity (Wildman–Crippen MR) is 137 cm³/mol. The molecule has 1 heterocycles. The highest BCUT2D eigenvalue weighted by Crippen LogP contribution is 2.25. The molecule has 8 heteroatoms. The van der Waals surface area contributed by atoms with Gasteiger partial charge in [0.1, 0.15) is 11.9 Å². The molecule has 0 bridgehead atoms. The molecule has 1 aliphatic rings. The van der Waals surface area contributed by atoms with Crippen molar-refractivity contribution >= 4 is 29.3 Å². The smallest absolute Gasteiger partial charge is 0.338 e. The number of rotatable bonds is 6. The first kappa shape index (κ1) is 24.9. The van der Waals surface area contributed by atoms with Crippen LogP contribution in [0, 0.1) is 5.82 Å². The van der Waals surface area contributed by atoms with Crippen molar-refractivity contribution in [2.24, 2.45) is 0 Å². The van der Waals surface area contributed by atoms with E-state index in [-0.39, 0.29) is 17.5 Å². The van der Waals surface area contributed by atoms with Gasteiger partial charge in [-0.2, -0.15) is 0 Å². The van der Waals surface area contributed by atoms with Crippen molar-refractivity contribution in [2.75, 3.05) is 17.2 Å². The molecule has 1 fully saturated rings. The second-order valence-electron chi connectivity index (χ2n) is 9.12. The zero-order chi connectivity index (χ0) is 25.8. The summed E-state index contributed by atoms with van der Waals surface area (Å²) in [6.45, 7) is 4.70. The molecule has 0 aromatic heterocycles. The highest BCUT2D eigenvalue weighted by atomic mass is 19.1. The highest BCUT2D eigenvalue weighted by molar-refractivity contribution is 5.99. The summed E-state index contributed by atoms with van der Waals surface area (Å²) >= 11 is 0. The minimum atomic E-state index is -1.32. The number of carboxylic acids is 1. The van der Waals surface area contributed by atoms with E-state index in [2.05, 4.69) is 24.5 Å². The van der Waals surface area contributed by atoms with E-state index in [0.717, 1.165) is 6.42 Å². The van der Waals surface area contributed by atoms with E-state index in [1.54, 1.807) is 29.2 Å². The van der Waals surface area contributed by atoms with Crippen molar-refractivity contribution in [3.8, 4) is 11.1 Å². The normalized spacial score (nSPS) is 15.1. The van der Waals surface area contributed by atoms with Crippen LogP contribution in [0.5, 0.6) is 0 Å². The summed E-state index contributed by atoms with van der Waals surface area (Å²) in [7, 11) is 0. The second-order valence-corrected chi connectivity index (χ2v) is 9.12. The number of hydrogen-bond donors (Lipinski definition) is 3. The quantitative estimate of drug-likeness (QED) is 0.398. The fourth-order valence-corrected chi connectivity index (χ4v) is 4.27. The Balaban J connectivity index is 1.39. The molecule has 3 N–H and O–H groups in total. The molecule has 0 radical (unpaired) electrons. The van der Waals surface area contributed by atoms with Gasteiger partial charge in [-0.15, -0.1) is 0 Å². The van der Waals surface area contributed by atoms with E-state index in [1.165, 1.54) is 23.8 Å². The molecule has 0 aliphatic carbocycles. The molecule has 7 nitrogen and oxygen atoms in total. The number of halogens is 1. The molecule has 3 aromatic carbocycles. The van der Waals surface area contributed by atoms with Crippen LogP contribution in [0.25, 0.3) is 11.1 Å². The minimum Gasteiger partial charge on any atom is -0.478 e. The van der Waals surface area contributed by atoms with Crippen molar-refractivity contribution in [2.45, 2.75) is 38.6 Å². The molecule has 3 amide bonds. The Morgan fingerprint density at radius 3 is 2.14 bits per heavy atom. The van der Waals surface area contributed by atoms with E-state index in [0.29, 0.717) is 41.4 Å². The second kappa shape index (κ2) is 10.6. The number of carboxylic acid groups (broad SMARTS) is 1. The van der Waals surface area contributed by atoms with Gasteiger partial charge in [-0.1, -0.05) is 44.2 Å². The lowest BCUT2D eigenvalue weighted by atomic mass is 10.0. The van der Waals surface area contributed by atoms with Crippen LogP contribution in [0.2, 0.25) is 0 Å². The van der Waals surface area contributed by atoms with E-state index < -0.39 is 17.8 Å². The average Bonchev–Trinajstić information content (AvgIpc) is 3.35. The van der Waals surface area contributed by atoms with Crippen LogP contribution in [0.4, 0.5) is 20.6 Å². The minimum absolute atomic E-state index is 0.276. The van der Waals surface area contributed by atoms with Crippen LogP contribution >= 0.6 is 0 Å². The summed E-state index contributed by atoms with van der Waals surface area (Å²) in [5.41, 5.74) is 3.21. The average molecular weight is 490 g/mol. The molecule has 4 rings (SSSR count). The Kier molecular flexibility index (Phi) is 7.33. The number of anilines is 2. The van der Waals surface area contributed by atoms with Crippen LogP contribution in [-0.4, -0.2) is 40.5 Å². The monoisotopic (exact) mass is 489 g/mol. The Bertz CT molecular complexity index is 1270. The van der Waals surface area contributed by atoms with Gasteiger partial charge in [-0.3, -0.25) is 4.79 Å². The van der Waals surface area contributed by atoms with Gasteiger partial charge < -0.3 is 20.6 Å². The Morgan fingerprint density at radius 2 is 1.53 bits per heavy atom. The van der Waals surface area contributed by atoms with Crippen LogP contribution in [0.3, 0.4) is 0 Å². The fourth-order valence-electron chi connectivity index (χ4n) is 4.27. The third-order valence-corrected chi connectivity index (χ3v) is 6.33. The summed E-state index contributed by atoms with van der Waals surface area (Å²) in [5, 5.41) is 14.7. The lowest BCUT2D eigenvalue weighted by Gasteiger charge is -2.24. The molecule has 0 saturated carbocycles. The van der Waals surface area contributed by atoms with Crippen LogP contribution in [0.1, 0.15) is 48.5 Å². The van der Waals surface area contributed by atoms with Gasteiger partial charge in [0.2, 0.25) is 5.91 Å². The third kappa shape index (κ3) is 5.54. The fraction of sp³-hybridized carbons (Fsp3) is 0.250. The molecule has 1 aliphatic heterocycles. The highest BCUT2D eigenvalue weighted by Gasteiger charge is 2.34. The van der Waals surface area contributed by atoms with Gasteiger partial charge in [-0.25, -0.2) is 14.0 Å². The first-order valence-electron chi connectivity index (χ1n) is 11.8. The van der Waals surface area contributed by atoms with Crippen molar-refractivity contribution in [3.63, 3.8) is 0 Å². The van der Waals surface area contributed by atoms with E-state index >= 15 is 0 Å². The largest absolute Gasteiger partial charge is 0.478 e. The van der Waals surface area contributed by atoms with Crippen LogP contribution < -0.4 is 10.6 Å². The number of nitrogens with one attached hydrogen (secondary N) is 2. The van der Waals surface area contributed by atoms with Crippen LogP contribution in [0.15, 0.2) is 66.7 Å². The Labute approximate surface area is 208 Å². The topological polar surface area (TPSA) is 98.7 Å². The number of carbonyl (C=O) groups excluding carboxylic acids is 2. The third-order valence-electron chi connectivity index (χ3n) is 6.33. The lowest BCUT2D eigenvalue weighted by Crippen LogP contribution is -2.45. The van der Waals surface area contributed by atoms with E-state index in [9.17, 15) is 18.8 Å². The Morgan fingerprint density at radius 1 is 0.917 bits per heavy atom. The summed E-state index contributed by atoms with van der Waals surface area (Å²) < 4.78 is 14.0. The predicted octanol–water partition coefficient (Wildman–Crippen LogP) is 5.95. The molecular formula is C28H28FN3O4. The summed E-state index contributed by atoms with van der Waals surface area (Å²) in [5.74, 6) is -2.01. The lowest BCUT2D eigenvalue weighted by molar-refractivity contribution is -0.119. The van der Waals surface area contributed by atoms with Crippen molar-refractivity contribution in [3.05, 3.63) is 83.7 Å². The van der Waals surface area contributed by atoms with Gasteiger partial charge in [0, 0.05) is 17.9 Å². The maximum atomic E-state index is 14.0. The van der Waals surface area contributed by atoms with Gasteiger partial charge >= 0.3 is 12.0 Å². The molecule has 36 heavy (non-hydrogen) atoms. The van der Waals surface area contributed by atoms with Crippen molar-refractivity contribution in [1.29, 1.82) is 0 Å². The zero-order valence-corrected chi connectivity index (χ0v) is 20.1. The summed E-state index contributed by atoms with van der Waals surface area (Å²) in [6, 6.07) is 17.5. The first-order valence-corrected chi connectivity index (χ1v) is 11.8. The number of benzene rings is 3. The molecule has 1 atom stereocenters. The molecule has 0 spiro atoms. The number of hydrogen-bond acceptors (Lipinski definition) is 3. The SMILES string of the molecule is CC(C)c1ccc(NC(=O)N2CCC[C@@H]2C(=O)Nc2ccc(-c3ccc(C(=O)O)c(F)c3)cc2)cc1. The molecule has 0 unspecified atom stereocenters. The maximum absolute atomic E-state index is 14.0.